The van der Waals surface area contributed by atoms with E-state index in [-0.39, 0.29) is 17.0 Å². The third-order valence-corrected chi connectivity index (χ3v) is 6.16. The number of rotatable bonds is 9. The Labute approximate surface area is 194 Å². The fourth-order valence-electron chi connectivity index (χ4n) is 4.46. The van der Waals surface area contributed by atoms with Crippen LogP contribution < -0.4 is 4.74 Å². The summed E-state index contributed by atoms with van der Waals surface area (Å²) in [7, 11) is 0. The molecule has 0 heterocycles. The highest BCUT2D eigenvalue weighted by Gasteiger charge is 2.34. The molecule has 1 saturated carbocycles. The summed E-state index contributed by atoms with van der Waals surface area (Å²) in [5.74, 6) is -2.23. The van der Waals surface area contributed by atoms with Crippen molar-refractivity contribution in [3.05, 3.63) is 64.7 Å². The zero-order chi connectivity index (χ0) is 24.9. The maximum Gasteiger partial charge on any atom is 0.573 e. The summed E-state index contributed by atoms with van der Waals surface area (Å²) in [6, 6.07) is 6.55. The molecular formula is C25H27F7O2. The minimum atomic E-state index is -5.11. The molecule has 3 rings (SSSR count). The van der Waals surface area contributed by atoms with Crippen molar-refractivity contribution in [2.24, 2.45) is 5.92 Å². The van der Waals surface area contributed by atoms with E-state index in [4.69, 9.17) is 0 Å². The van der Waals surface area contributed by atoms with E-state index in [9.17, 15) is 30.7 Å². The number of halogens is 7. The molecule has 0 bridgehead atoms. The summed E-state index contributed by atoms with van der Waals surface area (Å²) in [6.07, 6.45) is -3.51. The molecule has 1 aliphatic carbocycles. The smallest absolute Gasteiger partial charge is 0.403 e. The Morgan fingerprint density at radius 1 is 0.882 bits per heavy atom. The van der Waals surface area contributed by atoms with Gasteiger partial charge in [0.05, 0.1) is 13.0 Å². The first-order valence-corrected chi connectivity index (χ1v) is 11.3. The van der Waals surface area contributed by atoms with Crippen LogP contribution in [-0.2, 0) is 17.8 Å². The van der Waals surface area contributed by atoms with E-state index in [1.54, 1.807) is 6.07 Å². The molecule has 0 N–H and O–H groups in total. The largest absolute Gasteiger partial charge is 0.573 e. The first-order chi connectivity index (χ1) is 16.0. The molecule has 0 spiro atoms. The van der Waals surface area contributed by atoms with Gasteiger partial charge in [0.25, 0.3) is 0 Å². The minimum absolute atomic E-state index is 0.0387. The fraction of sp³-hybridized carbons (Fsp3) is 0.520. The average Bonchev–Trinajstić information content (AvgIpc) is 2.74. The van der Waals surface area contributed by atoms with Gasteiger partial charge in [-0.1, -0.05) is 38.0 Å². The van der Waals surface area contributed by atoms with Crippen LogP contribution in [0.4, 0.5) is 30.7 Å². The van der Waals surface area contributed by atoms with Gasteiger partial charge in [-0.15, -0.1) is 13.2 Å². The van der Waals surface area contributed by atoms with Crippen molar-refractivity contribution >= 4 is 0 Å². The number of hydrogen-bond donors (Lipinski definition) is 0. The summed E-state index contributed by atoms with van der Waals surface area (Å²) < 4.78 is 101. The number of alkyl halides is 5. The molecule has 0 radical (unpaired) electrons. The zero-order valence-electron chi connectivity index (χ0n) is 18.7. The molecule has 0 unspecified atom stereocenters. The van der Waals surface area contributed by atoms with Gasteiger partial charge in [-0.05, 0) is 66.8 Å². The summed E-state index contributed by atoms with van der Waals surface area (Å²) in [4.78, 5) is 0. The summed E-state index contributed by atoms with van der Waals surface area (Å²) in [6.45, 7) is 1.45. The third kappa shape index (κ3) is 7.61. The number of hydrogen-bond acceptors (Lipinski definition) is 2. The molecule has 0 saturated heterocycles. The second-order valence-electron chi connectivity index (χ2n) is 8.77. The Morgan fingerprint density at radius 3 is 2.18 bits per heavy atom. The van der Waals surface area contributed by atoms with Gasteiger partial charge in [-0.25, -0.2) is 8.78 Å². The van der Waals surface area contributed by atoms with Gasteiger partial charge >= 0.3 is 12.5 Å². The maximum absolute atomic E-state index is 14.6. The van der Waals surface area contributed by atoms with Gasteiger partial charge in [-0.2, -0.15) is 8.78 Å². The molecule has 0 amide bonds. The van der Waals surface area contributed by atoms with Crippen molar-refractivity contribution in [2.75, 3.05) is 0 Å². The predicted octanol–water partition coefficient (Wildman–Crippen LogP) is 8.29. The molecule has 2 nitrogen and oxygen atoms in total. The van der Waals surface area contributed by atoms with Gasteiger partial charge in [0.1, 0.15) is 5.82 Å². The highest BCUT2D eigenvalue weighted by Crippen LogP contribution is 2.38. The van der Waals surface area contributed by atoms with Crippen LogP contribution >= 0.6 is 0 Å². The van der Waals surface area contributed by atoms with Gasteiger partial charge in [0, 0.05) is 5.56 Å². The van der Waals surface area contributed by atoms with Crippen LogP contribution in [0.5, 0.6) is 5.75 Å². The van der Waals surface area contributed by atoms with Crippen LogP contribution in [-0.4, -0.2) is 12.5 Å². The van der Waals surface area contributed by atoms with Crippen molar-refractivity contribution < 1.29 is 40.2 Å². The van der Waals surface area contributed by atoms with E-state index in [0.717, 1.165) is 43.7 Å². The SMILES string of the molecule is CCCC1CCC(c2ccc(COC(F)(F)Cc3ccc(OC(F)(F)F)c(F)c3)c(F)c2)CC1. The second kappa shape index (κ2) is 11.0. The van der Waals surface area contributed by atoms with Gasteiger partial charge < -0.3 is 9.47 Å². The monoisotopic (exact) mass is 492 g/mol. The fourth-order valence-corrected chi connectivity index (χ4v) is 4.46. The van der Waals surface area contributed by atoms with Crippen LogP contribution in [0.2, 0.25) is 0 Å². The van der Waals surface area contributed by atoms with Crippen molar-refractivity contribution in [3.63, 3.8) is 0 Å². The lowest BCUT2D eigenvalue weighted by molar-refractivity contribution is -0.275. The average molecular weight is 492 g/mol. The van der Waals surface area contributed by atoms with Crippen molar-refractivity contribution in [1.29, 1.82) is 0 Å². The Kier molecular flexibility index (Phi) is 8.49. The number of ether oxygens (including phenoxy) is 2. The highest BCUT2D eigenvalue weighted by atomic mass is 19.4. The highest BCUT2D eigenvalue weighted by molar-refractivity contribution is 5.30. The lowest BCUT2D eigenvalue weighted by Crippen LogP contribution is -2.24. The molecular weight excluding hydrogens is 465 g/mol. The van der Waals surface area contributed by atoms with E-state index in [1.807, 2.05) is 0 Å². The van der Waals surface area contributed by atoms with E-state index in [0.29, 0.717) is 18.1 Å². The second-order valence-corrected chi connectivity index (χ2v) is 8.77. The normalized spacial score (nSPS) is 19.3. The van der Waals surface area contributed by atoms with Crippen molar-refractivity contribution in [3.8, 4) is 5.75 Å². The molecule has 0 atom stereocenters. The van der Waals surface area contributed by atoms with Crippen LogP contribution in [0.25, 0.3) is 0 Å². The van der Waals surface area contributed by atoms with Crippen LogP contribution in [0.3, 0.4) is 0 Å². The minimum Gasteiger partial charge on any atom is -0.403 e. The molecule has 9 heteroatoms. The Bertz CT molecular complexity index is 951. The number of benzene rings is 2. The zero-order valence-corrected chi connectivity index (χ0v) is 18.7. The van der Waals surface area contributed by atoms with Gasteiger partial charge in [0.2, 0.25) is 0 Å². The van der Waals surface area contributed by atoms with Crippen LogP contribution in [0.1, 0.15) is 68.1 Å². The maximum atomic E-state index is 14.6. The van der Waals surface area contributed by atoms with Crippen molar-refractivity contribution in [1.82, 2.24) is 0 Å². The van der Waals surface area contributed by atoms with Crippen molar-refractivity contribution in [2.45, 2.75) is 76.9 Å². The molecule has 2 aromatic carbocycles. The molecule has 1 fully saturated rings. The van der Waals surface area contributed by atoms with Gasteiger partial charge in [-0.3, -0.25) is 0 Å². The Balaban J connectivity index is 1.56. The molecule has 1 aliphatic rings. The molecule has 34 heavy (non-hydrogen) atoms. The summed E-state index contributed by atoms with van der Waals surface area (Å²) in [5.41, 5.74) is 0.509. The molecule has 0 aromatic heterocycles. The Hall–Kier alpha value is -2.29. The standard InChI is InChI=1S/C25H27F7O2/c1-2-3-16-4-7-18(8-5-16)19-9-10-20(21(26)13-19)15-33-24(28,29)14-17-6-11-23(22(27)12-17)34-25(30,31)32/h6,9-13,16,18H,2-5,7-8,14-15H2,1H3. The lowest BCUT2D eigenvalue weighted by atomic mass is 9.77. The molecule has 2 aromatic rings. The first-order valence-electron chi connectivity index (χ1n) is 11.3. The molecule has 188 valence electrons. The van der Waals surface area contributed by atoms with Crippen LogP contribution in [0.15, 0.2) is 36.4 Å². The Morgan fingerprint density at radius 2 is 1.59 bits per heavy atom. The lowest BCUT2D eigenvalue weighted by Gasteiger charge is -2.28. The summed E-state index contributed by atoms with van der Waals surface area (Å²) in [5, 5.41) is 0. The third-order valence-electron chi connectivity index (χ3n) is 6.16. The quantitative estimate of drug-likeness (QED) is 0.328. The van der Waals surface area contributed by atoms with Crippen LogP contribution in [0, 0.1) is 17.6 Å². The first kappa shape index (κ1) is 26.3. The van der Waals surface area contributed by atoms with E-state index >= 15 is 0 Å². The molecule has 0 aliphatic heterocycles. The topological polar surface area (TPSA) is 18.5 Å². The predicted molar refractivity (Wildman–Crippen MR) is 113 cm³/mol. The van der Waals surface area contributed by atoms with E-state index in [1.165, 1.54) is 18.6 Å². The van der Waals surface area contributed by atoms with E-state index in [2.05, 4.69) is 16.4 Å². The van der Waals surface area contributed by atoms with Gasteiger partial charge in [0.15, 0.2) is 11.6 Å². The van der Waals surface area contributed by atoms with E-state index < -0.39 is 42.9 Å². The summed E-state index contributed by atoms with van der Waals surface area (Å²) >= 11 is 0.